The molecular formula is C10H15ClN2O2. The molecule has 2 amide bonds. The minimum absolute atomic E-state index is 0.00942. The molecule has 15 heavy (non-hydrogen) atoms. The number of nitrogens with one attached hydrogen (secondary N) is 1. The highest BCUT2D eigenvalue weighted by Crippen LogP contribution is 2.24. The maximum atomic E-state index is 11.7. The van der Waals surface area contributed by atoms with Gasteiger partial charge in [0, 0.05) is 25.4 Å². The standard InChI is InChI=1S/C10H15ClN2O2/c11-5-7-4-9(14)13(6-7)8-2-1-3-12-10(8)15/h7-8H,1-6H2,(H,12,15). The number of likely N-dealkylation sites (tertiary alicyclic amines) is 1. The Morgan fingerprint density at radius 1 is 1.47 bits per heavy atom. The van der Waals surface area contributed by atoms with Crippen molar-refractivity contribution in [3.63, 3.8) is 0 Å². The Bertz CT molecular complexity index is 283. The van der Waals surface area contributed by atoms with Crippen LogP contribution in [0, 0.1) is 5.92 Å². The van der Waals surface area contributed by atoms with Crippen LogP contribution < -0.4 is 5.32 Å². The van der Waals surface area contributed by atoms with Crippen molar-refractivity contribution in [2.24, 2.45) is 5.92 Å². The van der Waals surface area contributed by atoms with Gasteiger partial charge in [-0.05, 0) is 18.8 Å². The highest BCUT2D eigenvalue weighted by atomic mass is 35.5. The first-order chi connectivity index (χ1) is 7.22. The summed E-state index contributed by atoms with van der Waals surface area (Å²) >= 11 is 5.73. The van der Waals surface area contributed by atoms with Gasteiger partial charge in [-0.1, -0.05) is 0 Å². The number of carbonyl (C=O) groups is 2. The fraction of sp³-hybridized carbons (Fsp3) is 0.800. The van der Waals surface area contributed by atoms with Crippen LogP contribution in [0.5, 0.6) is 0 Å². The molecule has 0 spiro atoms. The first-order valence-electron chi connectivity index (χ1n) is 5.35. The average Bonchev–Trinajstić information content (AvgIpc) is 2.60. The number of nitrogens with zero attached hydrogens (tertiary/aromatic N) is 1. The van der Waals surface area contributed by atoms with Crippen LogP contribution in [-0.4, -0.2) is 41.7 Å². The molecule has 0 aliphatic carbocycles. The Balaban J connectivity index is 2.03. The summed E-state index contributed by atoms with van der Waals surface area (Å²) in [6.45, 7) is 1.37. The second kappa shape index (κ2) is 4.39. The number of halogens is 1. The predicted molar refractivity (Wildman–Crippen MR) is 56.6 cm³/mol. The molecule has 2 heterocycles. The number of alkyl halides is 1. The monoisotopic (exact) mass is 230 g/mol. The van der Waals surface area contributed by atoms with Crippen molar-refractivity contribution in [2.45, 2.75) is 25.3 Å². The molecule has 2 unspecified atom stereocenters. The van der Waals surface area contributed by atoms with E-state index < -0.39 is 0 Å². The van der Waals surface area contributed by atoms with Crippen LogP contribution in [-0.2, 0) is 9.59 Å². The van der Waals surface area contributed by atoms with Crippen molar-refractivity contribution in [3.05, 3.63) is 0 Å². The first-order valence-corrected chi connectivity index (χ1v) is 5.89. The SMILES string of the molecule is O=C1NCCCC1N1CC(CCl)CC1=O. The number of piperidine rings is 1. The minimum atomic E-state index is -0.250. The highest BCUT2D eigenvalue weighted by Gasteiger charge is 2.37. The molecule has 2 saturated heterocycles. The molecule has 2 fully saturated rings. The van der Waals surface area contributed by atoms with E-state index >= 15 is 0 Å². The summed E-state index contributed by atoms with van der Waals surface area (Å²) in [6, 6.07) is -0.250. The van der Waals surface area contributed by atoms with Crippen LogP contribution in [0.1, 0.15) is 19.3 Å². The van der Waals surface area contributed by atoms with Crippen molar-refractivity contribution < 1.29 is 9.59 Å². The van der Waals surface area contributed by atoms with Crippen molar-refractivity contribution in [1.82, 2.24) is 10.2 Å². The lowest BCUT2D eigenvalue weighted by atomic mass is 10.1. The van der Waals surface area contributed by atoms with E-state index in [9.17, 15) is 9.59 Å². The van der Waals surface area contributed by atoms with Gasteiger partial charge in [0.15, 0.2) is 0 Å². The van der Waals surface area contributed by atoms with E-state index in [4.69, 9.17) is 11.6 Å². The molecule has 0 aromatic carbocycles. The van der Waals surface area contributed by atoms with Crippen LogP contribution in [0.4, 0.5) is 0 Å². The van der Waals surface area contributed by atoms with Gasteiger partial charge in [0.2, 0.25) is 11.8 Å². The summed E-state index contributed by atoms with van der Waals surface area (Å²) in [5, 5.41) is 2.80. The van der Waals surface area contributed by atoms with Crippen LogP contribution >= 0.6 is 11.6 Å². The molecule has 0 aromatic rings. The van der Waals surface area contributed by atoms with Gasteiger partial charge in [-0.25, -0.2) is 0 Å². The molecule has 2 aliphatic heterocycles. The number of hydrogen-bond acceptors (Lipinski definition) is 2. The van der Waals surface area contributed by atoms with Crippen LogP contribution in [0.15, 0.2) is 0 Å². The molecule has 0 bridgehead atoms. The number of amides is 2. The molecule has 1 N–H and O–H groups in total. The van der Waals surface area contributed by atoms with E-state index in [-0.39, 0.29) is 23.8 Å². The summed E-state index contributed by atoms with van der Waals surface area (Å²) in [5.41, 5.74) is 0. The van der Waals surface area contributed by atoms with Gasteiger partial charge in [0.05, 0.1) is 0 Å². The largest absolute Gasteiger partial charge is 0.354 e. The Labute approximate surface area is 93.9 Å². The predicted octanol–water partition coefficient (Wildman–Crippen LogP) is 0.352. The van der Waals surface area contributed by atoms with E-state index in [2.05, 4.69) is 5.32 Å². The first kappa shape index (κ1) is 10.7. The topological polar surface area (TPSA) is 49.4 Å². The summed E-state index contributed by atoms with van der Waals surface area (Å²) in [6.07, 6.45) is 2.23. The summed E-state index contributed by atoms with van der Waals surface area (Å²) < 4.78 is 0. The second-order valence-corrected chi connectivity index (χ2v) is 4.53. The molecule has 84 valence electrons. The molecule has 2 aliphatic rings. The third-order valence-corrected chi connectivity index (χ3v) is 3.53. The van der Waals surface area contributed by atoms with Crippen molar-refractivity contribution >= 4 is 23.4 Å². The van der Waals surface area contributed by atoms with Gasteiger partial charge in [0.1, 0.15) is 6.04 Å². The van der Waals surface area contributed by atoms with Crippen LogP contribution in [0.3, 0.4) is 0 Å². The third kappa shape index (κ3) is 2.09. The van der Waals surface area contributed by atoms with Crippen LogP contribution in [0.2, 0.25) is 0 Å². The molecule has 2 atom stereocenters. The number of carbonyl (C=O) groups excluding carboxylic acids is 2. The molecule has 2 rings (SSSR count). The minimum Gasteiger partial charge on any atom is -0.354 e. The summed E-state index contributed by atoms with van der Waals surface area (Å²) in [4.78, 5) is 25.0. The van der Waals surface area contributed by atoms with Gasteiger partial charge in [-0.2, -0.15) is 0 Å². The van der Waals surface area contributed by atoms with Gasteiger partial charge in [-0.15, -0.1) is 11.6 Å². The molecule has 5 heteroatoms. The third-order valence-electron chi connectivity index (χ3n) is 3.09. The molecule has 0 aromatic heterocycles. The van der Waals surface area contributed by atoms with Crippen LogP contribution in [0.25, 0.3) is 0 Å². The molecular weight excluding hydrogens is 216 g/mol. The smallest absolute Gasteiger partial charge is 0.242 e. The van der Waals surface area contributed by atoms with Gasteiger partial charge >= 0.3 is 0 Å². The van der Waals surface area contributed by atoms with Crippen molar-refractivity contribution in [1.29, 1.82) is 0 Å². The van der Waals surface area contributed by atoms with E-state index in [0.29, 0.717) is 18.8 Å². The van der Waals surface area contributed by atoms with E-state index in [1.54, 1.807) is 4.90 Å². The lowest BCUT2D eigenvalue weighted by molar-refractivity contribution is -0.138. The average molecular weight is 231 g/mol. The zero-order valence-corrected chi connectivity index (χ0v) is 9.29. The number of rotatable bonds is 2. The van der Waals surface area contributed by atoms with Crippen molar-refractivity contribution in [3.8, 4) is 0 Å². The fourth-order valence-electron chi connectivity index (χ4n) is 2.27. The second-order valence-electron chi connectivity index (χ2n) is 4.22. The summed E-state index contributed by atoms with van der Waals surface area (Å²) in [7, 11) is 0. The Hall–Kier alpha value is -0.770. The zero-order valence-electron chi connectivity index (χ0n) is 8.54. The Morgan fingerprint density at radius 2 is 2.27 bits per heavy atom. The van der Waals surface area contributed by atoms with E-state index in [1.807, 2.05) is 0 Å². The molecule has 0 radical (unpaired) electrons. The maximum absolute atomic E-state index is 11.7. The lowest BCUT2D eigenvalue weighted by Gasteiger charge is -2.30. The van der Waals surface area contributed by atoms with Crippen molar-refractivity contribution in [2.75, 3.05) is 19.0 Å². The molecule has 4 nitrogen and oxygen atoms in total. The van der Waals surface area contributed by atoms with E-state index in [0.717, 1.165) is 19.4 Å². The number of hydrogen-bond donors (Lipinski definition) is 1. The lowest BCUT2D eigenvalue weighted by Crippen LogP contribution is -2.51. The summed E-state index contributed by atoms with van der Waals surface area (Å²) in [5.74, 6) is 0.776. The van der Waals surface area contributed by atoms with Gasteiger partial charge < -0.3 is 10.2 Å². The van der Waals surface area contributed by atoms with Gasteiger partial charge in [-0.3, -0.25) is 9.59 Å². The highest BCUT2D eigenvalue weighted by molar-refractivity contribution is 6.18. The van der Waals surface area contributed by atoms with Gasteiger partial charge in [0.25, 0.3) is 0 Å². The zero-order chi connectivity index (χ0) is 10.8. The maximum Gasteiger partial charge on any atom is 0.242 e. The normalized spacial score (nSPS) is 31.9. The quantitative estimate of drug-likeness (QED) is 0.696. The Kier molecular flexibility index (Phi) is 3.14. The molecule has 0 saturated carbocycles. The Morgan fingerprint density at radius 3 is 2.87 bits per heavy atom. The van der Waals surface area contributed by atoms with E-state index in [1.165, 1.54) is 0 Å². The fourth-order valence-corrected chi connectivity index (χ4v) is 2.47.